The van der Waals surface area contributed by atoms with Crippen molar-refractivity contribution < 1.29 is 14.3 Å². The lowest BCUT2D eigenvalue weighted by Gasteiger charge is -2.20. The Kier molecular flexibility index (Phi) is 8.52. The molecule has 3 aromatic rings. The quantitative estimate of drug-likeness (QED) is 0.338. The summed E-state index contributed by atoms with van der Waals surface area (Å²) in [5, 5.41) is 8.05. The average Bonchev–Trinajstić information content (AvgIpc) is 2.88. The first-order valence-corrected chi connectivity index (χ1v) is 13.0. The number of amides is 1. The van der Waals surface area contributed by atoms with Crippen molar-refractivity contribution in [2.24, 2.45) is 0 Å². The minimum absolute atomic E-state index is 0.0778. The Balaban J connectivity index is 1.45. The minimum atomic E-state index is -0.0778. The molecule has 1 aliphatic rings. The number of nitrogens with zero attached hydrogens (tertiary/aromatic N) is 1. The molecule has 1 aromatic heterocycles. The third kappa shape index (κ3) is 6.14. The van der Waals surface area contributed by atoms with Gasteiger partial charge in [-0.2, -0.15) is 11.8 Å². The zero-order valence-corrected chi connectivity index (χ0v) is 20.7. The molecule has 0 radical (unpaired) electrons. The summed E-state index contributed by atoms with van der Waals surface area (Å²) in [7, 11) is 3.23. The number of nitrogens with one attached hydrogen (secondary N) is 2. The Labute approximate surface area is 205 Å². The molecule has 6 nitrogen and oxygen atoms in total. The molecule has 2 N–H and O–H groups in total. The van der Waals surface area contributed by atoms with Crippen LogP contribution in [0.15, 0.2) is 48.5 Å². The van der Waals surface area contributed by atoms with Crippen molar-refractivity contribution in [1.82, 2.24) is 10.3 Å². The first-order valence-electron chi connectivity index (χ1n) is 12.0. The van der Waals surface area contributed by atoms with Crippen molar-refractivity contribution in [1.29, 1.82) is 0 Å². The molecule has 1 amide bonds. The van der Waals surface area contributed by atoms with Gasteiger partial charge in [0, 0.05) is 23.2 Å². The number of aromatic nitrogens is 1. The van der Waals surface area contributed by atoms with Crippen LogP contribution < -0.4 is 20.1 Å². The first kappa shape index (κ1) is 24.2. The van der Waals surface area contributed by atoms with Crippen molar-refractivity contribution >= 4 is 40.1 Å². The van der Waals surface area contributed by atoms with E-state index in [1.165, 1.54) is 32.1 Å². The molecule has 4 rings (SSSR count). The molecular formula is C27H33N3O3S. The number of rotatable bonds is 10. The summed E-state index contributed by atoms with van der Waals surface area (Å²) < 4.78 is 10.8. The number of benzene rings is 2. The van der Waals surface area contributed by atoms with E-state index in [9.17, 15) is 4.79 Å². The molecule has 34 heavy (non-hydrogen) atoms. The Morgan fingerprint density at radius 3 is 2.68 bits per heavy atom. The van der Waals surface area contributed by atoms with Gasteiger partial charge < -0.3 is 20.1 Å². The number of pyridine rings is 1. The van der Waals surface area contributed by atoms with Crippen molar-refractivity contribution in [2.75, 3.05) is 31.8 Å². The lowest BCUT2D eigenvalue weighted by molar-refractivity contribution is 0.0955. The summed E-state index contributed by atoms with van der Waals surface area (Å²) in [5.74, 6) is 2.93. The van der Waals surface area contributed by atoms with Crippen LogP contribution in [0.3, 0.4) is 0 Å². The molecule has 1 fully saturated rings. The van der Waals surface area contributed by atoms with E-state index in [1.54, 1.807) is 20.3 Å². The van der Waals surface area contributed by atoms with Crippen molar-refractivity contribution in [3.63, 3.8) is 0 Å². The number of carbonyl (C=O) groups excluding carboxylic acids is 1. The molecule has 180 valence electrons. The van der Waals surface area contributed by atoms with E-state index in [0.29, 0.717) is 29.4 Å². The number of carbonyl (C=O) groups is 1. The van der Waals surface area contributed by atoms with Crippen molar-refractivity contribution in [3.8, 4) is 11.5 Å². The van der Waals surface area contributed by atoms with E-state index < -0.39 is 0 Å². The van der Waals surface area contributed by atoms with Crippen molar-refractivity contribution in [2.45, 2.75) is 43.8 Å². The third-order valence-corrected chi connectivity index (χ3v) is 7.61. The number of hydrogen-bond acceptors (Lipinski definition) is 6. The number of para-hydroxylation sites is 1. The second-order valence-corrected chi connectivity index (χ2v) is 9.91. The van der Waals surface area contributed by atoms with Gasteiger partial charge in [-0.25, -0.2) is 4.98 Å². The van der Waals surface area contributed by atoms with Crippen molar-refractivity contribution in [3.05, 3.63) is 54.1 Å². The third-order valence-electron chi connectivity index (χ3n) is 6.14. The maximum atomic E-state index is 13.1. The molecule has 7 heteroatoms. The molecule has 0 atom stereocenters. The zero-order valence-electron chi connectivity index (χ0n) is 19.9. The van der Waals surface area contributed by atoms with Crippen LogP contribution in [0.1, 0.15) is 48.9 Å². The number of thioether (sulfide) groups is 1. The molecule has 0 aliphatic heterocycles. The Morgan fingerprint density at radius 2 is 1.88 bits per heavy atom. The van der Waals surface area contributed by atoms with Gasteiger partial charge in [0.15, 0.2) is 0 Å². The number of methoxy groups -OCH3 is 2. The molecule has 1 aliphatic carbocycles. The Hall–Kier alpha value is -2.93. The van der Waals surface area contributed by atoms with Gasteiger partial charge in [-0.1, -0.05) is 37.5 Å². The topological polar surface area (TPSA) is 72.5 Å². The molecule has 0 unspecified atom stereocenters. The SMILES string of the molecule is COc1ccc(Nc2cc(C(=O)NCCCSC3CCCCC3)c3ccccc3n2)c(OC)c1. The molecule has 0 spiro atoms. The van der Waals surface area contributed by atoms with Gasteiger partial charge >= 0.3 is 0 Å². The molecule has 0 bridgehead atoms. The second-order valence-electron chi connectivity index (χ2n) is 8.50. The van der Waals surface area contributed by atoms with Gasteiger partial charge in [0.25, 0.3) is 5.91 Å². The largest absolute Gasteiger partial charge is 0.497 e. The summed E-state index contributed by atoms with van der Waals surface area (Å²) in [4.78, 5) is 17.8. The monoisotopic (exact) mass is 479 g/mol. The van der Waals surface area contributed by atoms with Crippen LogP contribution in [0.25, 0.3) is 10.9 Å². The fourth-order valence-electron chi connectivity index (χ4n) is 4.32. The Morgan fingerprint density at radius 1 is 1.06 bits per heavy atom. The van der Waals surface area contributed by atoms with E-state index in [-0.39, 0.29) is 5.91 Å². The maximum absolute atomic E-state index is 13.1. The van der Waals surface area contributed by atoms with Crippen LogP contribution >= 0.6 is 11.8 Å². The van der Waals surface area contributed by atoms with Crippen LogP contribution in [0, 0.1) is 0 Å². The summed E-state index contributed by atoms with van der Waals surface area (Å²) >= 11 is 2.07. The van der Waals surface area contributed by atoms with Gasteiger partial charge in [-0.15, -0.1) is 0 Å². The maximum Gasteiger partial charge on any atom is 0.252 e. The van der Waals surface area contributed by atoms with Gasteiger partial charge in [0.05, 0.1) is 31.0 Å². The summed E-state index contributed by atoms with van der Waals surface area (Å²) in [6.07, 6.45) is 7.77. The number of fused-ring (bicyclic) bond motifs is 1. The van der Waals surface area contributed by atoms with Crippen LogP contribution in [-0.4, -0.2) is 42.7 Å². The van der Waals surface area contributed by atoms with Crippen LogP contribution in [0.4, 0.5) is 11.5 Å². The van der Waals surface area contributed by atoms with Crippen LogP contribution in [0.5, 0.6) is 11.5 Å². The minimum Gasteiger partial charge on any atom is -0.497 e. The summed E-state index contributed by atoms with van der Waals surface area (Å²) in [5.41, 5.74) is 2.12. The second kappa shape index (κ2) is 12.0. The van der Waals surface area contributed by atoms with E-state index >= 15 is 0 Å². The highest BCUT2D eigenvalue weighted by atomic mass is 32.2. The van der Waals surface area contributed by atoms with E-state index in [1.807, 2.05) is 42.5 Å². The molecule has 1 saturated carbocycles. The number of hydrogen-bond donors (Lipinski definition) is 2. The lowest BCUT2D eigenvalue weighted by atomic mass is 10.0. The standard InChI is InChI=1S/C27H33N3O3S/c1-32-19-13-14-24(25(17-19)33-2)30-26-18-22(21-11-6-7-12-23(21)29-26)27(31)28-15-8-16-34-20-9-4-3-5-10-20/h6-7,11-14,17-18,20H,3-5,8-10,15-16H2,1-2H3,(H,28,31)(H,29,30). The predicted molar refractivity (Wildman–Crippen MR) is 141 cm³/mol. The normalized spacial score (nSPS) is 14.1. The van der Waals surface area contributed by atoms with Gasteiger partial charge in [-0.05, 0) is 49.3 Å². The van der Waals surface area contributed by atoms with E-state index in [0.717, 1.165) is 34.0 Å². The van der Waals surface area contributed by atoms with Gasteiger partial charge in [0.2, 0.25) is 0 Å². The van der Waals surface area contributed by atoms with Crippen LogP contribution in [-0.2, 0) is 0 Å². The van der Waals surface area contributed by atoms with Crippen LogP contribution in [0.2, 0.25) is 0 Å². The fraction of sp³-hybridized carbons (Fsp3) is 0.407. The lowest BCUT2D eigenvalue weighted by Crippen LogP contribution is -2.25. The highest BCUT2D eigenvalue weighted by Gasteiger charge is 2.15. The van der Waals surface area contributed by atoms with E-state index in [4.69, 9.17) is 14.5 Å². The van der Waals surface area contributed by atoms with Gasteiger partial charge in [0.1, 0.15) is 17.3 Å². The number of anilines is 2. The smallest absolute Gasteiger partial charge is 0.252 e. The van der Waals surface area contributed by atoms with E-state index in [2.05, 4.69) is 22.4 Å². The highest BCUT2D eigenvalue weighted by molar-refractivity contribution is 7.99. The molecular weight excluding hydrogens is 446 g/mol. The zero-order chi connectivity index (χ0) is 23.8. The predicted octanol–water partition coefficient (Wildman–Crippen LogP) is 6.18. The molecule has 0 saturated heterocycles. The highest BCUT2D eigenvalue weighted by Crippen LogP contribution is 2.32. The fourth-order valence-corrected chi connectivity index (χ4v) is 5.63. The summed E-state index contributed by atoms with van der Waals surface area (Å²) in [6.45, 7) is 0.671. The summed E-state index contributed by atoms with van der Waals surface area (Å²) in [6, 6.07) is 15.1. The first-order chi connectivity index (χ1) is 16.7. The molecule has 1 heterocycles. The Bertz CT molecular complexity index is 1120. The average molecular weight is 480 g/mol. The van der Waals surface area contributed by atoms with Gasteiger partial charge in [-0.3, -0.25) is 4.79 Å². The number of ether oxygens (including phenoxy) is 2. The molecule has 2 aromatic carbocycles.